The van der Waals surface area contributed by atoms with Crippen LogP contribution in [-0.4, -0.2) is 53.4 Å². The van der Waals surface area contributed by atoms with Gasteiger partial charge in [0, 0.05) is 42.9 Å². The Morgan fingerprint density at radius 3 is 2.71 bits per heavy atom. The highest BCUT2D eigenvalue weighted by Gasteiger charge is 2.23. The largest absolute Gasteiger partial charge is 0.379 e. The van der Waals surface area contributed by atoms with Crippen LogP contribution in [0.25, 0.3) is 0 Å². The molecule has 5 nitrogen and oxygen atoms in total. The second kappa shape index (κ2) is 7.96. The number of rotatable bonds is 5. The van der Waals surface area contributed by atoms with E-state index in [1.54, 1.807) is 6.20 Å². The summed E-state index contributed by atoms with van der Waals surface area (Å²) in [5.41, 5.74) is 1.57. The molecular formula is C17H21ClN4OS. The number of hydrogen-bond donors (Lipinski definition) is 1. The number of anilines is 1. The molecule has 0 aliphatic carbocycles. The van der Waals surface area contributed by atoms with E-state index < -0.39 is 0 Å². The molecule has 0 radical (unpaired) electrons. The molecule has 1 aliphatic rings. The molecule has 1 aliphatic heterocycles. The Morgan fingerprint density at radius 2 is 2.04 bits per heavy atom. The number of nitrogens with zero attached hydrogens (tertiary/aromatic N) is 3. The molecule has 0 unspecified atom stereocenters. The quantitative estimate of drug-likeness (QED) is 0.885. The van der Waals surface area contributed by atoms with E-state index in [9.17, 15) is 4.79 Å². The molecule has 2 heterocycles. The van der Waals surface area contributed by atoms with Crippen LogP contribution in [0.4, 0.5) is 5.69 Å². The number of aromatic nitrogens is 1. The molecule has 1 aromatic carbocycles. The van der Waals surface area contributed by atoms with E-state index in [0.29, 0.717) is 11.0 Å². The topological polar surface area (TPSA) is 48.5 Å². The summed E-state index contributed by atoms with van der Waals surface area (Å²) in [5.74, 6) is 0.0937. The number of hydrogen-bond acceptors (Lipinski definition) is 5. The van der Waals surface area contributed by atoms with Crippen LogP contribution in [-0.2, 0) is 6.54 Å². The van der Waals surface area contributed by atoms with Gasteiger partial charge < -0.3 is 15.1 Å². The van der Waals surface area contributed by atoms with Crippen molar-refractivity contribution in [3.05, 3.63) is 45.4 Å². The highest BCUT2D eigenvalue weighted by molar-refractivity contribution is 7.15. The van der Waals surface area contributed by atoms with E-state index in [0.717, 1.165) is 48.9 Å². The zero-order valence-corrected chi connectivity index (χ0v) is 15.2. The maximum atomic E-state index is 12.9. The van der Waals surface area contributed by atoms with Crippen molar-refractivity contribution in [2.45, 2.75) is 13.5 Å². The predicted octanol–water partition coefficient (Wildman–Crippen LogP) is 3.19. The Morgan fingerprint density at radius 1 is 1.29 bits per heavy atom. The van der Waals surface area contributed by atoms with Gasteiger partial charge in [0.05, 0.1) is 12.1 Å². The highest BCUT2D eigenvalue weighted by atomic mass is 35.5. The van der Waals surface area contributed by atoms with E-state index in [1.165, 1.54) is 11.3 Å². The monoisotopic (exact) mass is 364 g/mol. The fourth-order valence-electron chi connectivity index (χ4n) is 2.81. The first-order chi connectivity index (χ1) is 11.7. The number of carbonyl (C=O) groups is 1. The summed E-state index contributed by atoms with van der Waals surface area (Å²) in [5, 5.41) is 3.34. The fourth-order valence-corrected chi connectivity index (χ4v) is 3.73. The maximum absolute atomic E-state index is 12.9. The van der Waals surface area contributed by atoms with Crippen LogP contribution < -0.4 is 5.32 Å². The zero-order chi connectivity index (χ0) is 16.9. The molecule has 1 saturated heterocycles. The number of carbonyl (C=O) groups excluding carboxylic acids is 1. The lowest BCUT2D eigenvalue weighted by molar-refractivity contribution is 0.0644. The van der Waals surface area contributed by atoms with Crippen molar-refractivity contribution in [2.75, 3.05) is 38.0 Å². The first kappa shape index (κ1) is 17.2. The van der Waals surface area contributed by atoms with Crippen molar-refractivity contribution in [3.8, 4) is 0 Å². The van der Waals surface area contributed by atoms with Crippen molar-refractivity contribution in [1.82, 2.24) is 14.8 Å². The van der Waals surface area contributed by atoms with Crippen LogP contribution in [0, 0.1) is 0 Å². The maximum Gasteiger partial charge on any atom is 0.256 e. The molecular weight excluding hydrogens is 344 g/mol. The Hall–Kier alpha value is -1.63. The lowest BCUT2D eigenvalue weighted by Crippen LogP contribution is -2.48. The zero-order valence-electron chi connectivity index (χ0n) is 13.7. The lowest BCUT2D eigenvalue weighted by Gasteiger charge is -2.34. The number of likely N-dealkylation sites (N-methyl/N-ethyl adjacent to an activating group) is 1. The van der Waals surface area contributed by atoms with Gasteiger partial charge in [0.25, 0.3) is 5.91 Å². The Labute approximate surface area is 151 Å². The normalized spacial score (nSPS) is 15.5. The van der Waals surface area contributed by atoms with Gasteiger partial charge in [-0.2, -0.15) is 0 Å². The molecule has 128 valence electrons. The van der Waals surface area contributed by atoms with Crippen molar-refractivity contribution < 1.29 is 4.79 Å². The lowest BCUT2D eigenvalue weighted by atomic mass is 10.1. The molecule has 1 aromatic heterocycles. The average molecular weight is 365 g/mol. The number of halogens is 1. The van der Waals surface area contributed by atoms with Crippen LogP contribution in [0.2, 0.25) is 4.47 Å². The molecule has 1 N–H and O–H groups in total. The summed E-state index contributed by atoms with van der Waals surface area (Å²) in [7, 11) is 0. The number of piperazine rings is 1. The minimum absolute atomic E-state index is 0.0937. The van der Waals surface area contributed by atoms with Crippen molar-refractivity contribution >= 4 is 34.5 Å². The molecule has 3 rings (SSSR count). The van der Waals surface area contributed by atoms with E-state index in [4.69, 9.17) is 11.6 Å². The number of thiazole rings is 1. The van der Waals surface area contributed by atoms with Gasteiger partial charge in [-0.15, -0.1) is 11.3 Å². The van der Waals surface area contributed by atoms with Crippen LogP contribution in [0.1, 0.15) is 22.2 Å². The van der Waals surface area contributed by atoms with Gasteiger partial charge in [-0.3, -0.25) is 4.79 Å². The fraction of sp³-hybridized carbons (Fsp3) is 0.412. The van der Waals surface area contributed by atoms with Crippen molar-refractivity contribution in [1.29, 1.82) is 0 Å². The first-order valence-corrected chi connectivity index (χ1v) is 9.31. The third-order valence-electron chi connectivity index (χ3n) is 4.24. The molecule has 0 spiro atoms. The molecule has 24 heavy (non-hydrogen) atoms. The molecule has 0 bridgehead atoms. The molecule has 1 fully saturated rings. The summed E-state index contributed by atoms with van der Waals surface area (Å²) in [6.07, 6.45) is 1.76. The average Bonchev–Trinajstić information content (AvgIpc) is 3.05. The molecule has 7 heteroatoms. The van der Waals surface area contributed by atoms with Crippen LogP contribution >= 0.6 is 22.9 Å². The van der Waals surface area contributed by atoms with E-state index in [-0.39, 0.29) is 5.91 Å². The standard InChI is InChI=1S/C17H21ClN4OS/c1-2-21-7-9-22(10-8-21)16(23)14-5-3-4-6-15(14)19-11-13-12-20-17(18)24-13/h3-6,12,19H,2,7-11H2,1H3. The number of benzene rings is 1. The second-order valence-electron chi connectivity index (χ2n) is 5.71. The summed E-state index contributed by atoms with van der Waals surface area (Å²) >= 11 is 7.31. The molecule has 2 aromatic rings. The number of para-hydroxylation sites is 1. The van der Waals surface area contributed by atoms with Gasteiger partial charge in [0.15, 0.2) is 4.47 Å². The Bertz CT molecular complexity index is 697. The Kier molecular flexibility index (Phi) is 5.71. The summed E-state index contributed by atoms with van der Waals surface area (Å²) in [6.45, 7) is 7.25. The van der Waals surface area contributed by atoms with Gasteiger partial charge >= 0.3 is 0 Å². The first-order valence-electron chi connectivity index (χ1n) is 8.12. The van der Waals surface area contributed by atoms with E-state index in [1.807, 2.05) is 29.2 Å². The number of nitrogens with one attached hydrogen (secondary N) is 1. The van der Waals surface area contributed by atoms with Crippen LogP contribution in [0.3, 0.4) is 0 Å². The number of amides is 1. The SMILES string of the molecule is CCN1CCN(C(=O)c2ccccc2NCc2cnc(Cl)s2)CC1. The van der Waals surface area contributed by atoms with E-state index >= 15 is 0 Å². The van der Waals surface area contributed by atoms with Gasteiger partial charge in [-0.1, -0.05) is 30.7 Å². The van der Waals surface area contributed by atoms with Gasteiger partial charge in [0.2, 0.25) is 0 Å². The van der Waals surface area contributed by atoms with Crippen LogP contribution in [0.15, 0.2) is 30.5 Å². The second-order valence-corrected chi connectivity index (χ2v) is 7.40. The summed E-state index contributed by atoms with van der Waals surface area (Å²) in [6, 6.07) is 7.67. The predicted molar refractivity (Wildman–Crippen MR) is 98.9 cm³/mol. The van der Waals surface area contributed by atoms with Crippen LogP contribution in [0.5, 0.6) is 0 Å². The van der Waals surface area contributed by atoms with Gasteiger partial charge in [0.1, 0.15) is 0 Å². The molecule has 0 atom stereocenters. The molecule has 0 saturated carbocycles. The third kappa shape index (κ3) is 4.06. The highest BCUT2D eigenvalue weighted by Crippen LogP contribution is 2.22. The summed E-state index contributed by atoms with van der Waals surface area (Å²) < 4.78 is 0.532. The van der Waals surface area contributed by atoms with Crippen molar-refractivity contribution in [2.24, 2.45) is 0 Å². The summed E-state index contributed by atoms with van der Waals surface area (Å²) in [4.78, 5) is 22.3. The minimum Gasteiger partial charge on any atom is -0.379 e. The minimum atomic E-state index is 0.0937. The van der Waals surface area contributed by atoms with E-state index in [2.05, 4.69) is 22.1 Å². The van der Waals surface area contributed by atoms with Gasteiger partial charge in [-0.05, 0) is 18.7 Å². The third-order valence-corrected chi connectivity index (χ3v) is 5.36. The van der Waals surface area contributed by atoms with Crippen molar-refractivity contribution in [3.63, 3.8) is 0 Å². The smallest absolute Gasteiger partial charge is 0.256 e. The van der Waals surface area contributed by atoms with Gasteiger partial charge in [-0.25, -0.2) is 4.98 Å². The molecule has 1 amide bonds. The Balaban J connectivity index is 1.68.